The first kappa shape index (κ1) is 23.8. The summed E-state index contributed by atoms with van der Waals surface area (Å²) < 4.78 is 38.4. The number of phenolic OH excluding ortho intramolecular Hbond substituents is 2. The molecule has 1 amide bonds. The molecule has 1 heterocycles. The molecule has 0 fully saturated rings. The van der Waals surface area contributed by atoms with Crippen LogP contribution in [0.3, 0.4) is 0 Å². The third kappa shape index (κ3) is 5.13. The molecule has 174 valence electrons. The van der Waals surface area contributed by atoms with Gasteiger partial charge in [0.1, 0.15) is 11.8 Å². The van der Waals surface area contributed by atoms with Gasteiger partial charge in [-0.15, -0.1) is 0 Å². The number of sulfonamides is 1. The third-order valence-electron chi connectivity index (χ3n) is 5.13. The number of hydrogen-bond acceptors (Lipinski definition) is 8. The highest BCUT2D eigenvalue weighted by Crippen LogP contribution is 2.35. The van der Waals surface area contributed by atoms with Crippen molar-refractivity contribution in [1.29, 1.82) is 0 Å². The summed E-state index contributed by atoms with van der Waals surface area (Å²) in [4.78, 5) is 12.2. The van der Waals surface area contributed by atoms with Gasteiger partial charge in [0.05, 0.1) is 11.5 Å². The Balaban J connectivity index is 1.83. The number of carbonyl (C=O) groups is 1. The van der Waals surface area contributed by atoms with Gasteiger partial charge in [-0.05, 0) is 60.9 Å². The van der Waals surface area contributed by atoms with Crippen molar-refractivity contribution in [3.05, 3.63) is 47.5 Å². The van der Waals surface area contributed by atoms with Crippen LogP contribution < -0.4 is 10.2 Å². The van der Waals surface area contributed by atoms with Crippen LogP contribution in [0.25, 0.3) is 0 Å². The molecule has 11 heteroatoms. The van der Waals surface area contributed by atoms with Crippen molar-refractivity contribution in [3.8, 4) is 17.2 Å². The van der Waals surface area contributed by atoms with Gasteiger partial charge in [0.2, 0.25) is 10.0 Å². The van der Waals surface area contributed by atoms with E-state index in [1.54, 1.807) is 0 Å². The second-order valence-electron chi connectivity index (χ2n) is 7.23. The summed E-state index contributed by atoms with van der Waals surface area (Å²) >= 11 is 0. The van der Waals surface area contributed by atoms with Gasteiger partial charge in [-0.2, -0.15) is 4.31 Å². The minimum Gasteiger partial charge on any atom is -0.504 e. The van der Waals surface area contributed by atoms with Crippen LogP contribution in [-0.2, 0) is 32.5 Å². The van der Waals surface area contributed by atoms with Crippen molar-refractivity contribution in [3.63, 3.8) is 0 Å². The molecule has 0 bridgehead atoms. The summed E-state index contributed by atoms with van der Waals surface area (Å²) in [6, 6.07) is 7.11. The lowest BCUT2D eigenvalue weighted by molar-refractivity contribution is -0.133. The Morgan fingerprint density at radius 3 is 2.41 bits per heavy atom. The molecule has 0 aromatic heterocycles. The average Bonchev–Trinajstić information content (AvgIpc) is 2.78. The molecule has 10 nitrogen and oxygen atoms in total. The monoisotopic (exact) mass is 466 g/mol. The van der Waals surface area contributed by atoms with E-state index in [2.05, 4.69) is 0 Å². The van der Waals surface area contributed by atoms with E-state index in [-0.39, 0.29) is 23.6 Å². The quantitative estimate of drug-likeness (QED) is 0.188. The summed E-state index contributed by atoms with van der Waals surface area (Å²) in [6.45, 7) is 3.30. The van der Waals surface area contributed by atoms with Crippen LogP contribution in [-0.4, -0.2) is 59.9 Å². The molecule has 1 aliphatic rings. The van der Waals surface area contributed by atoms with E-state index in [4.69, 9.17) is 14.7 Å². The molecular formula is C21H26N2O8S. The van der Waals surface area contributed by atoms with Crippen molar-refractivity contribution in [2.75, 3.05) is 19.8 Å². The number of hydrogen-bond donors (Lipinski definition) is 4. The molecule has 3 rings (SSSR count). The van der Waals surface area contributed by atoms with Crippen molar-refractivity contribution in [2.45, 2.75) is 37.2 Å². The Morgan fingerprint density at radius 2 is 1.78 bits per heavy atom. The summed E-state index contributed by atoms with van der Waals surface area (Å²) in [7, 11) is -4.14. The molecule has 1 aliphatic heterocycles. The predicted octanol–water partition coefficient (Wildman–Crippen LogP) is 1.52. The van der Waals surface area contributed by atoms with Crippen molar-refractivity contribution >= 4 is 15.9 Å². The SMILES string of the molecule is CCOCCCOc1ccc(S(=O)(=O)N2Cc3cc(O)c(O)cc3C[C@@H]2C(=O)NO)cc1. The Kier molecular flexibility index (Phi) is 7.56. The molecule has 0 saturated heterocycles. The molecule has 2 aromatic carbocycles. The van der Waals surface area contributed by atoms with E-state index < -0.39 is 27.7 Å². The Morgan fingerprint density at radius 1 is 1.12 bits per heavy atom. The Labute approximate surface area is 186 Å². The highest BCUT2D eigenvalue weighted by Gasteiger charge is 2.40. The van der Waals surface area contributed by atoms with Crippen LogP contribution in [0, 0.1) is 0 Å². The van der Waals surface area contributed by atoms with Crippen molar-refractivity contribution < 1.29 is 38.1 Å². The summed E-state index contributed by atoms with van der Waals surface area (Å²) in [5, 5.41) is 28.7. The molecular weight excluding hydrogens is 440 g/mol. The first-order valence-electron chi connectivity index (χ1n) is 10.1. The number of phenols is 2. The molecule has 1 atom stereocenters. The van der Waals surface area contributed by atoms with Gasteiger partial charge in [-0.1, -0.05) is 0 Å². The minimum atomic E-state index is -4.14. The molecule has 0 saturated carbocycles. The first-order chi connectivity index (χ1) is 15.3. The number of fused-ring (bicyclic) bond motifs is 1. The summed E-state index contributed by atoms with van der Waals surface area (Å²) in [6.07, 6.45) is 0.608. The molecule has 0 spiro atoms. The molecule has 2 aromatic rings. The highest BCUT2D eigenvalue weighted by molar-refractivity contribution is 7.89. The Bertz CT molecular complexity index is 1060. The maximum Gasteiger partial charge on any atom is 0.262 e. The van der Waals surface area contributed by atoms with Gasteiger partial charge in [0, 0.05) is 26.2 Å². The normalized spacial score (nSPS) is 16.4. The zero-order chi connectivity index (χ0) is 23.3. The zero-order valence-corrected chi connectivity index (χ0v) is 18.3. The number of rotatable bonds is 9. The van der Waals surface area contributed by atoms with E-state index in [9.17, 15) is 23.4 Å². The van der Waals surface area contributed by atoms with Crippen LogP contribution in [0.1, 0.15) is 24.5 Å². The number of ether oxygens (including phenoxy) is 2. The first-order valence-corrected chi connectivity index (χ1v) is 11.5. The van der Waals surface area contributed by atoms with Gasteiger partial charge < -0.3 is 19.7 Å². The predicted molar refractivity (Wildman–Crippen MR) is 113 cm³/mol. The second kappa shape index (κ2) is 10.2. The lowest BCUT2D eigenvalue weighted by Crippen LogP contribution is -2.51. The van der Waals surface area contributed by atoms with E-state index >= 15 is 0 Å². The molecule has 4 N–H and O–H groups in total. The lowest BCUT2D eigenvalue weighted by atomic mass is 9.95. The molecule has 0 unspecified atom stereocenters. The van der Waals surface area contributed by atoms with Gasteiger partial charge in [0.25, 0.3) is 5.91 Å². The minimum absolute atomic E-state index is 0.0543. The number of hydroxylamine groups is 1. The number of benzene rings is 2. The molecule has 0 radical (unpaired) electrons. The van der Waals surface area contributed by atoms with Crippen LogP contribution in [0.15, 0.2) is 41.3 Å². The van der Waals surface area contributed by atoms with E-state index in [1.165, 1.54) is 41.9 Å². The van der Waals surface area contributed by atoms with E-state index in [1.807, 2.05) is 6.92 Å². The fraction of sp³-hybridized carbons (Fsp3) is 0.381. The third-order valence-corrected chi connectivity index (χ3v) is 7.00. The number of amides is 1. The van der Waals surface area contributed by atoms with Crippen LogP contribution in [0.5, 0.6) is 17.2 Å². The van der Waals surface area contributed by atoms with Crippen LogP contribution in [0.2, 0.25) is 0 Å². The fourth-order valence-corrected chi connectivity index (χ4v) is 5.04. The highest BCUT2D eigenvalue weighted by atomic mass is 32.2. The second-order valence-corrected chi connectivity index (χ2v) is 9.12. The summed E-state index contributed by atoms with van der Waals surface area (Å²) in [5.74, 6) is -1.17. The smallest absolute Gasteiger partial charge is 0.262 e. The Hall–Kier alpha value is -2.86. The average molecular weight is 467 g/mol. The van der Waals surface area contributed by atoms with Gasteiger partial charge in [-0.3, -0.25) is 10.0 Å². The van der Waals surface area contributed by atoms with Crippen molar-refractivity contribution in [2.24, 2.45) is 0 Å². The number of nitrogens with one attached hydrogen (secondary N) is 1. The lowest BCUT2D eigenvalue weighted by Gasteiger charge is -2.34. The number of carbonyl (C=O) groups excluding carboxylic acids is 1. The van der Waals surface area contributed by atoms with Gasteiger partial charge >= 0.3 is 0 Å². The standard InChI is InChI=1S/C21H26N2O8S/c1-2-30-8-3-9-31-16-4-6-17(7-5-16)32(28,29)23-13-15-12-20(25)19(24)11-14(15)10-18(23)21(26)22-27/h4-7,11-12,18,24-25,27H,2-3,8-10,13H2,1H3,(H,22,26)/t18-/m1/s1. The van der Waals surface area contributed by atoms with E-state index in [0.29, 0.717) is 43.1 Å². The molecule has 32 heavy (non-hydrogen) atoms. The maximum absolute atomic E-state index is 13.3. The van der Waals surface area contributed by atoms with Gasteiger partial charge in [0.15, 0.2) is 11.5 Å². The zero-order valence-electron chi connectivity index (χ0n) is 17.5. The van der Waals surface area contributed by atoms with Crippen molar-refractivity contribution in [1.82, 2.24) is 9.79 Å². The summed E-state index contributed by atoms with van der Waals surface area (Å²) in [5.41, 5.74) is 2.45. The number of aromatic hydroxyl groups is 2. The maximum atomic E-state index is 13.3. The van der Waals surface area contributed by atoms with Crippen LogP contribution in [0.4, 0.5) is 0 Å². The van der Waals surface area contributed by atoms with Crippen LogP contribution >= 0.6 is 0 Å². The van der Waals surface area contributed by atoms with E-state index in [0.717, 1.165) is 4.31 Å². The fourth-order valence-electron chi connectivity index (χ4n) is 3.48. The molecule has 0 aliphatic carbocycles. The topological polar surface area (TPSA) is 146 Å². The van der Waals surface area contributed by atoms with Gasteiger partial charge in [-0.25, -0.2) is 13.9 Å². The number of nitrogens with zero attached hydrogens (tertiary/aromatic N) is 1. The largest absolute Gasteiger partial charge is 0.504 e.